The van der Waals surface area contributed by atoms with E-state index in [1.807, 2.05) is 0 Å². The second-order valence-corrected chi connectivity index (χ2v) is 5.51. The summed E-state index contributed by atoms with van der Waals surface area (Å²) in [5.41, 5.74) is -1.25. The molecule has 1 aliphatic rings. The van der Waals surface area contributed by atoms with Gasteiger partial charge in [-0.05, 0) is 36.6 Å². The van der Waals surface area contributed by atoms with Gasteiger partial charge in [0.25, 0.3) is 0 Å². The van der Waals surface area contributed by atoms with E-state index in [0.29, 0.717) is 12.2 Å². The summed E-state index contributed by atoms with van der Waals surface area (Å²) < 4.78 is 27.7. The molecule has 2 rings (SSSR count). The number of nitrogens with zero attached hydrogens (tertiary/aromatic N) is 4. The highest BCUT2D eigenvalue weighted by molar-refractivity contribution is 5.76. The first-order valence-corrected chi connectivity index (χ1v) is 6.70. The largest absolute Gasteiger partial charge is 0.479 e. The molecule has 8 heteroatoms. The molecule has 20 heavy (non-hydrogen) atoms. The molecule has 0 amide bonds. The van der Waals surface area contributed by atoms with E-state index in [9.17, 15) is 18.7 Å². The van der Waals surface area contributed by atoms with E-state index in [2.05, 4.69) is 15.5 Å². The number of carboxylic acid groups (broad SMARTS) is 1. The molecule has 0 aliphatic heterocycles. The van der Waals surface area contributed by atoms with E-state index >= 15 is 0 Å². The van der Waals surface area contributed by atoms with Gasteiger partial charge in [0.2, 0.25) is 5.92 Å². The first-order valence-electron chi connectivity index (χ1n) is 6.70. The summed E-state index contributed by atoms with van der Waals surface area (Å²) in [4.78, 5) is 11.5. The summed E-state index contributed by atoms with van der Waals surface area (Å²) in [7, 11) is 0. The lowest BCUT2D eigenvalue weighted by Gasteiger charge is -2.30. The van der Waals surface area contributed by atoms with Gasteiger partial charge in [-0.25, -0.2) is 18.3 Å². The van der Waals surface area contributed by atoms with Crippen molar-refractivity contribution in [3.63, 3.8) is 0 Å². The van der Waals surface area contributed by atoms with Crippen molar-refractivity contribution in [3.8, 4) is 0 Å². The van der Waals surface area contributed by atoms with Crippen LogP contribution in [0.4, 0.5) is 8.78 Å². The zero-order valence-electron chi connectivity index (χ0n) is 11.5. The highest BCUT2D eigenvalue weighted by atomic mass is 19.3. The van der Waals surface area contributed by atoms with Gasteiger partial charge in [0, 0.05) is 18.8 Å². The lowest BCUT2D eigenvalue weighted by Crippen LogP contribution is -2.41. The molecule has 0 aromatic carbocycles. The monoisotopic (exact) mass is 288 g/mol. The number of carboxylic acids is 1. The number of halogens is 2. The SMILES string of the molecule is CCC(C)(C(=O)O)n1nnnc1C1CCC(F)(F)CC1. The molecule has 1 fully saturated rings. The first-order chi connectivity index (χ1) is 9.30. The Labute approximate surface area is 115 Å². The highest BCUT2D eigenvalue weighted by Gasteiger charge is 2.41. The van der Waals surface area contributed by atoms with Crippen molar-refractivity contribution in [3.05, 3.63) is 5.82 Å². The highest BCUT2D eigenvalue weighted by Crippen LogP contribution is 2.41. The van der Waals surface area contributed by atoms with E-state index in [1.54, 1.807) is 6.92 Å². The summed E-state index contributed by atoms with van der Waals surface area (Å²) in [6, 6.07) is 0. The summed E-state index contributed by atoms with van der Waals surface area (Å²) in [5.74, 6) is -3.48. The Bertz CT molecular complexity index is 495. The lowest BCUT2D eigenvalue weighted by molar-refractivity contribution is -0.147. The van der Waals surface area contributed by atoms with Crippen LogP contribution in [-0.4, -0.2) is 37.2 Å². The van der Waals surface area contributed by atoms with Gasteiger partial charge in [0.05, 0.1) is 0 Å². The van der Waals surface area contributed by atoms with Crippen molar-refractivity contribution < 1.29 is 18.7 Å². The number of hydrogen-bond donors (Lipinski definition) is 1. The molecule has 6 nitrogen and oxygen atoms in total. The van der Waals surface area contributed by atoms with Gasteiger partial charge in [0.15, 0.2) is 11.4 Å². The molecule has 0 spiro atoms. The fourth-order valence-corrected chi connectivity index (χ4v) is 2.49. The maximum absolute atomic E-state index is 13.2. The normalized spacial score (nSPS) is 22.4. The lowest BCUT2D eigenvalue weighted by atomic mass is 9.85. The van der Waals surface area contributed by atoms with Crippen molar-refractivity contribution >= 4 is 5.97 Å². The quantitative estimate of drug-likeness (QED) is 0.918. The van der Waals surface area contributed by atoms with Crippen LogP contribution in [0.3, 0.4) is 0 Å². The van der Waals surface area contributed by atoms with Crippen LogP contribution in [0.2, 0.25) is 0 Å². The smallest absolute Gasteiger partial charge is 0.331 e. The average Bonchev–Trinajstić information content (AvgIpc) is 2.87. The third-order valence-electron chi connectivity index (χ3n) is 4.19. The molecule has 1 unspecified atom stereocenters. The molecule has 1 aromatic rings. The molecule has 0 radical (unpaired) electrons. The average molecular weight is 288 g/mol. The van der Waals surface area contributed by atoms with Crippen LogP contribution >= 0.6 is 0 Å². The second kappa shape index (κ2) is 5.06. The number of carbonyl (C=O) groups is 1. The van der Waals surface area contributed by atoms with Crippen LogP contribution in [0, 0.1) is 0 Å². The van der Waals surface area contributed by atoms with Crippen molar-refractivity contribution in [2.24, 2.45) is 0 Å². The van der Waals surface area contributed by atoms with Gasteiger partial charge in [-0.1, -0.05) is 6.92 Å². The molecule has 1 aliphatic carbocycles. The fraction of sp³-hybridized carbons (Fsp3) is 0.833. The van der Waals surface area contributed by atoms with Crippen molar-refractivity contribution in [2.45, 2.75) is 63.3 Å². The fourth-order valence-electron chi connectivity index (χ4n) is 2.49. The van der Waals surface area contributed by atoms with Crippen molar-refractivity contribution in [2.75, 3.05) is 0 Å². The first kappa shape index (κ1) is 14.8. The van der Waals surface area contributed by atoms with Crippen molar-refractivity contribution in [1.29, 1.82) is 0 Å². The van der Waals surface area contributed by atoms with Crippen LogP contribution in [0.25, 0.3) is 0 Å². The molecule has 1 atom stereocenters. The van der Waals surface area contributed by atoms with Crippen LogP contribution < -0.4 is 0 Å². The van der Waals surface area contributed by atoms with Gasteiger partial charge < -0.3 is 5.11 Å². The van der Waals surface area contributed by atoms with Gasteiger partial charge in [-0.15, -0.1) is 5.10 Å². The molecule has 1 N–H and O–H groups in total. The zero-order chi connectivity index (χ0) is 15.0. The van der Waals surface area contributed by atoms with E-state index in [0.717, 1.165) is 0 Å². The maximum Gasteiger partial charge on any atom is 0.331 e. The van der Waals surface area contributed by atoms with E-state index in [-0.39, 0.29) is 31.6 Å². The minimum atomic E-state index is -2.63. The molecule has 1 saturated carbocycles. The minimum Gasteiger partial charge on any atom is -0.479 e. The topological polar surface area (TPSA) is 80.9 Å². The molecule has 1 heterocycles. The number of aromatic nitrogens is 4. The van der Waals surface area contributed by atoms with Gasteiger partial charge in [-0.3, -0.25) is 0 Å². The number of aliphatic carboxylic acids is 1. The van der Waals surface area contributed by atoms with Gasteiger partial charge >= 0.3 is 5.97 Å². The Balaban J connectivity index is 2.28. The number of tetrazole rings is 1. The second-order valence-electron chi connectivity index (χ2n) is 5.51. The Morgan fingerprint density at radius 2 is 2.10 bits per heavy atom. The Kier molecular flexibility index (Phi) is 3.75. The number of rotatable bonds is 4. The maximum atomic E-state index is 13.2. The van der Waals surface area contributed by atoms with Crippen LogP contribution in [0.1, 0.15) is 57.7 Å². The van der Waals surface area contributed by atoms with Crippen molar-refractivity contribution in [1.82, 2.24) is 20.2 Å². The number of alkyl halides is 2. The molecule has 112 valence electrons. The predicted molar refractivity (Wildman–Crippen MR) is 65.5 cm³/mol. The zero-order valence-corrected chi connectivity index (χ0v) is 11.5. The molecule has 0 saturated heterocycles. The van der Waals surface area contributed by atoms with E-state index < -0.39 is 17.4 Å². The third kappa shape index (κ3) is 2.51. The van der Waals surface area contributed by atoms with Crippen LogP contribution in [-0.2, 0) is 10.3 Å². The van der Waals surface area contributed by atoms with Gasteiger partial charge in [-0.2, -0.15) is 0 Å². The molecule has 0 bridgehead atoms. The minimum absolute atomic E-state index is 0.208. The Hall–Kier alpha value is -1.60. The van der Waals surface area contributed by atoms with E-state index in [1.165, 1.54) is 11.6 Å². The number of hydrogen-bond acceptors (Lipinski definition) is 4. The molecular formula is C12H18F2N4O2. The third-order valence-corrected chi connectivity index (χ3v) is 4.19. The van der Waals surface area contributed by atoms with Crippen LogP contribution in [0.15, 0.2) is 0 Å². The summed E-state index contributed by atoms with van der Waals surface area (Å²) in [5, 5.41) is 20.6. The molecular weight excluding hydrogens is 270 g/mol. The summed E-state index contributed by atoms with van der Waals surface area (Å²) >= 11 is 0. The van der Waals surface area contributed by atoms with E-state index in [4.69, 9.17) is 0 Å². The van der Waals surface area contributed by atoms with Gasteiger partial charge in [0.1, 0.15) is 0 Å². The standard InChI is InChI=1S/C12H18F2N4O2/c1-3-11(2,10(19)20)18-9(15-16-17-18)8-4-6-12(13,14)7-5-8/h8H,3-7H2,1-2H3,(H,19,20). The Morgan fingerprint density at radius 3 is 2.60 bits per heavy atom. The molecule has 1 aromatic heterocycles. The predicted octanol–water partition coefficient (Wildman–Crippen LogP) is 2.18. The Morgan fingerprint density at radius 1 is 1.50 bits per heavy atom. The summed E-state index contributed by atoms with van der Waals surface area (Å²) in [6.45, 7) is 3.27. The summed E-state index contributed by atoms with van der Waals surface area (Å²) in [6.07, 6.45) is 0.434. The van der Waals surface area contributed by atoms with Crippen LogP contribution in [0.5, 0.6) is 0 Å².